The van der Waals surface area contributed by atoms with Gasteiger partial charge in [0.15, 0.2) is 0 Å². The normalized spacial score (nSPS) is 10.6. The fraction of sp³-hybridized carbons (Fsp3) is 0.154. The lowest BCUT2D eigenvalue weighted by Crippen LogP contribution is -2.28. The number of thiazole rings is 1. The molecular weight excluding hydrogens is 286 g/mol. The Hall–Kier alpha value is -0.970. The van der Waals surface area contributed by atoms with Crippen molar-refractivity contribution in [2.75, 3.05) is 5.75 Å². The number of rotatable bonds is 4. The second-order valence-corrected chi connectivity index (χ2v) is 6.45. The van der Waals surface area contributed by atoms with Gasteiger partial charge in [-0.2, -0.15) is 0 Å². The molecule has 1 aromatic carbocycles. The summed E-state index contributed by atoms with van der Waals surface area (Å²) in [6, 6.07) is 7.28. The summed E-state index contributed by atoms with van der Waals surface area (Å²) in [6.07, 6.45) is 0. The van der Waals surface area contributed by atoms with E-state index in [1.807, 2.05) is 24.4 Å². The summed E-state index contributed by atoms with van der Waals surface area (Å²) in [7, 11) is 0. The quantitative estimate of drug-likeness (QED) is 0.363. The maximum atomic E-state index is 12.1. The number of thioether (sulfide) groups is 1. The first-order valence-electron chi connectivity index (χ1n) is 5.32. The summed E-state index contributed by atoms with van der Waals surface area (Å²) in [5.74, 6) is 0.767. The first-order chi connectivity index (χ1) is 8.58. The molecule has 0 radical (unpaired) electrons. The lowest BCUT2D eigenvalue weighted by atomic mass is 10.2. The van der Waals surface area contributed by atoms with E-state index < -0.39 is 0 Å². The minimum Gasteiger partial charge on any atom is -0.617 e. The SMILES string of the molecule is C=C(C)CSc1scc(-c2ccc(Cl)cc2)[n+]1[O-]. The summed E-state index contributed by atoms with van der Waals surface area (Å²) in [5, 5.41) is 14.7. The van der Waals surface area contributed by atoms with Gasteiger partial charge >= 0.3 is 4.34 Å². The van der Waals surface area contributed by atoms with E-state index in [9.17, 15) is 5.21 Å². The van der Waals surface area contributed by atoms with Gasteiger partial charge < -0.3 is 5.21 Å². The van der Waals surface area contributed by atoms with Crippen molar-refractivity contribution < 1.29 is 4.73 Å². The Labute approximate surface area is 120 Å². The second kappa shape index (κ2) is 5.78. The summed E-state index contributed by atoms with van der Waals surface area (Å²) in [5.41, 5.74) is 2.61. The van der Waals surface area contributed by atoms with E-state index in [1.165, 1.54) is 23.1 Å². The van der Waals surface area contributed by atoms with Gasteiger partial charge in [0.2, 0.25) is 5.69 Å². The van der Waals surface area contributed by atoms with E-state index in [2.05, 4.69) is 6.58 Å². The van der Waals surface area contributed by atoms with Crippen LogP contribution < -0.4 is 4.73 Å². The molecule has 0 fully saturated rings. The number of hydrogen-bond donors (Lipinski definition) is 0. The average molecular weight is 298 g/mol. The van der Waals surface area contributed by atoms with Crippen LogP contribution >= 0.6 is 34.7 Å². The van der Waals surface area contributed by atoms with E-state index in [-0.39, 0.29) is 0 Å². The van der Waals surface area contributed by atoms with Crippen LogP contribution in [-0.2, 0) is 0 Å². The molecule has 0 saturated heterocycles. The summed E-state index contributed by atoms with van der Waals surface area (Å²) in [6.45, 7) is 5.79. The van der Waals surface area contributed by atoms with Crippen LogP contribution in [0.15, 0.2) is 46.1 Å². The lowest BCUT2D eigenvalue weighted by Gasteiger charge is -2.02. The molecular formula is C13H12ClNOS2. The van der Waals surface area contributed by atoms with Crippen molar-refractivity contribution in [3.8, 4) is 11.3 Å². The molecule has 0 aliphatic rings. The Morgan fingerprint density at radius 3 is 2.72 bits per heavy atom. The molecule has 2 nitrogen and oxygen atoms in total. The van der Waals surface area contributed by atoms with Gasteiger partial charge in [-0.15, -0.1) is 4.73 Å². The average Bonchev–Trinajstić information content (AvgIpc) is 2.69. The van der Waals surface area contributed by atoms with Gasteiger partial charge in [0.1, 0.15) is 0 Å². The van der Waals surface area contributed by atoms with Gasteiger partial charge in [-0.1, -0.05) is 35.1 Å². The number of hydrogen-bond acceptors (Lipinski definition) is 3. The molecule has 2 aromatic rings. The van der Waals surface area contributed by atoms with Crippen molar-refractivity contribution in [1.82, 2.24) is 0 Å². The number of halogens is 1. The van der Waals surface area contributed by atoms with Crippen molar-refractivity contribution >= 4 is 34.7 Å². The lowest BCUT2D eigenvalue weighted by molar-refractivity contribution is -0.626. The zero-order valence-electron chi connectivity index (χ0n) is 9.85. The fourth-order valence-electron chi connectivity index (χ4n) is 1.38. The molecule has 0 bridgehead atoms. The largest absolute Gasteiger partial charge is 0.617 e. The van der Waals surface area contributed by atoms with Gasteiger partial charge in [-0.05, 0) is 43.0 Å². The highest BCUT2D eigenvalue weighted by molar-refractivity contribution is 8.01. The molecule has 0 aliphatic carbocycles. The number of aromatic nitrogens is 1. The Balaban J connectivity index is 2.25. The third-order valence-electron chi connectivity index (χ3n) is 2.24. The maximum Gasteiger partial charge on any atom is 0.309 e. The monoisotopic (exact) mass is 297 g/mol. The van der Waals surface area contributed by atoms with Crippen LogP contribution in [0.25, 0.3) is 11.3 Å². The molecule has 0 aliphatic heterocycles. The van der Waals surface area contributed by atoms with Crippen LogP contribution in [-0.4, -0.2) is 5.75 Å². The van der Waals surface area contributed by atoms with Crippen molar-refractivity contribution in [3.63, 3.8) is 0 Å². The highest BCUT2D eigenvalue weighted by Gasteiger charge is 2.17. The third-order valence-corrected chi connectivity index (χ3v) is 4.89. The Bertz CT molecular complexity index is 563. The molecule has 0 unspecified atom stereocenters. The topological polar surface area (TPSA) is 26.9 Å². The predicted molar refractivity (Wildman–Crippen MR) is 79.3 cm³/mol. The Morgan fingerprint density at radius 2 is 2.11 bits per heavy atom. The van der Waals surface area contributed by atoms with Crippen LogP contribution in [0.5, 0.6) is 0 Å². The number of nitrogens with zero attached hydrogens (tertiary/aromatic N) is 1. The van der Waals surface area contributed by atoms with Gasteiger partial charge in [0, 0.05) is 16.3 Å². The first-order valence-corrected chi connectivity index (χ1v) is 7.56. The van der Waals surface area contributed by atoms with Crippen molar-refractivity contribution in [3.05, 3.63) is 52.0 Å². The minimum absolute atomic E-state index is 0.667. The van der Waals surface area contributed by atoms with Gasteiger partial charge in [-0.3, -0.25) is 0 Å². The fourth-order valence-corrected chi connectivity index (χ4v) is 3.33. The van der Waals surface area contributed by atoms with Crippen molar-refractivity contribution in [1.29, 1.82) is 0 Å². The van der Waals surface area contributed by atoms with Gasteiger partial charge in [0.05, 0.1) is 5.38 Å². The van der Waals surface area contributed by atoms with Crippen molar-refractivity contribution in [2.24, 2.45) is 0 Å². The van der Waals surface area contributed by atoms with E-state index in [4.69, 9.17) is 11.6 Å². The summed E-state index contributed by atoms with van der Waals surface area (Å²) < 4.78 is 1.71. The molecule has 0 atom stereocenters. The van der Waals surface area contributed by atoms with E-state index in [0.717, 1.165) is 26.0 Å². The van der Waals surface area contributed by atoms with Gasteiger partial charge in [-0.25, -0.2) is 0 Å². The smallest absolute Gasteiger partial charge is 0.309 e. The molecule has 0 N–H and O–H groups in total. The van der Waals surface area contributed by atoms with Crippen LogP contribution in [0.1, 0.15) is 6.92 Å². The molecule has 1 aromatic heterocycles. The zero-order valence-corrected chi connectivity index (χ0v) is 12.2. The molecule has 2 rings (SSSR count). The first kappa shape index (κ1) is 13.5. The van der Waals surface area contributed by atoms with E-state index in [0.29, 0.717) is 10.7 Å². The molecule has 0 saturated carbocycles. The van der Waals surface area contributed by atoms with E-state index in [1.54, 1.807) is 12.1 Å². The Morgan fingerprint density at radius 1 is 1.44 bits per heavy atom. The predicted octanol–water partition coefficient (Wildman–Crippen LogP) is 4.37. The molecule has 94 valence electrons. The molecule has 0 spiro atoms. The van der Waals surface area contributed by atoms with Crippen LogP contribution in [0.3, 0.4) is 0 Å². The maximum absolute atomic E-state index is 12.1. The van der Waals surface area contributed by atoms with Crippen LogP contribution in [0, 0.1) is 5.21 Å². The Kier molecular flexibility index (Phi) is 4.32. The minimum atomic E-state index is 0.667. The van der Waals surface area contributed by atoms with Crippen molar-refractivity contribution in [2.45, 2.75) is 11.3 Å². The van der Waals surface area contributed by atoms with Gasteiger partial charge in [0.25, 0.3) is 0 Å². The number of benzene rings is 1. The summed E-state index contributed by atoms with van der Waals surface area (Å²) in [4.78, 5) is 0. The molecule has 0 amide bonds. The molecule has 1 heterocycles. The summed E-state index contributed by atoms with van der Waals surface area (Å²) >= 11 is 8.81. The highest BCUT2D eigenvalue weighted by Crippen LogP contribution is 2.27. The second-order valence-electron chi connectivity index (χ2n) is 3.93. The van der Waals surface area contributed by atoms with Crippen LogP contribution in [0.4, 0.5) is 0 Å². The standard InChI is InChI=1S/C13H12ClNOS2/c1-9(2)7-17-13-15(16)12(8-18-13)10-3-5-11(14)6-4-10/h3-6,8H,1,7H2,2H3. The molecule has 5 heteroatoms. The highest BCUT2D eigenvalue weighted by atomic mass is 35.5. The third kappa shape index (κ3) is 3.07. The molecule has 18 heavy (non-hydrogen) atoms. The zero-order chi connectivity index (χ0) is 13.1. The van der Waals surface area contributed by atoms with E-state index >= 15 is 0 Å². The van der Waals surface area contributed by atoms with Crippen LogP contribution in [0.2, 0.25) is 5.02 Å².